The van der Waals surface area contributed by atoms with E-state index in [4.69, 9.17) is 10.6 Å². The zero-order valence-corrected chi connectivity index (χ0v) is 13.0. The van der Waals surface area contributed by atoms with E-state index in [9.17, 15) is 5.11 Å². The summed E-state index contributed by atoms with van der Waals surface area (Å²) < 4.78 is 5.86. The van der Waals surface area contributed by atoms with Crippen LogP contribution in [0.4, 0.5) is 11.6 Å². The molecule has 1 atom stereocenters. The highest BCUT2D eigenvalue weighted by Gasteiger charge is 2.34. The Balaban J connectivity index is 2.35. The highest BCUT2D eigenvalue weighted by molar-refractivity contribution is 5.58. The number of aromatic nitrogens is 2. The normalized spacial score (nSPS) is 21.4. The van der Waals surface area contributed by atoms with Gasteiger partial charge in [-0.1, -0.05) is 13.3 Å². The smallest absolute Gasteiger partial charge is 0.148 e. The minimum atomic E-state index is -0.337. The molecule has 2 rings (SSSR count). The molecule has 118 valence electrons. The lowest BCUT2D eigenvalue weighted by atomic mass is 10.0. The van der Waals surface area contributed by atoms with Crippen molar-refractivity contribution in [3.8, 4) is 0 Å². The van der Waals surface area contributed by atoms with Crippen LogP contribution in [0.5, 0.6) is 0 Å². The van der Waals surface area contributed by atoms with Crippen molar-refractivity contribution in [1.29, 1.82) is 0 Å². The molecule has 7 nitrogen and oxygen atoms in total. The molecule has 1 aromatic rings. The molecular weight excluding hydrogens is 270 g/mol. The van der Waals surface area contributed by atoms with E-state index in [1.54, 1.807) is 0 Å². The molecule has 1 aliphatic heterocycles. The Labute approximate surface area is 125 Å². The molecule has 1 unspecified atom stereocenters. The fraction of sp³-hybridized carbons (Fsp3) is 0.714. The van der Waals surface area contributed by atoms with E-state index in [-0.39, 0.29) is 18.3 Å². The van der Waals surface area contributed by atoms with Gasteiger partial charge in [0.05, 0.1) is 18.3 Å². The van der Waals surface area contributed by atoms with Gasteiger partial charge < -0.3 is 20.2 Å². The van der Waals surface area contributed by atoms with Gasteiger partial charge >= 0.3 is 0 Å². The summed E-state index contributed by atoms with van der Waals surface area (Å²) in [6.07, 6.45) is 3.12. The number of nitrogens with two attached hydrogens (primary N) is 1. The van der Waals surface area contributed by atoms with Crippen molar-refractivity contribution in [1.82, 2.24) is 9.97 Å². The molecule has 0 radical (unpaired) electrons. The largest absolute Gasteiger partial charge is 0.394 e. The molecule has 0 aromatic carbocycles. The second kappa shape index (κ2) is 6.55. The highest BCUT2D eigenvalue weighted by atomic mass is 16.5. The zero-order chi connectivity index (χ0) is 15.5. The van der Waals surface area contributed by atoms with Gasteiger partial charge in [-0.15, -0.1) is 0 Å². The van der Waals surface area contributed by atoms with Gasteiger partial charge in [0.1, 0.15) is 18.0 Å². The van der Waals surface area contributed by atoms with Crippen molar-refractivity contribution in [2.75, 3.05) is 30.0 Å². The van der Waals surface area contributed by atoms with E-state index >= 15 is 0 Å². The quantitative estimate of drug-likeness (QED) is 0.543. The number of nitrogen functional groups attached to an aromatic ring is 1. The van der Waals surface area contributed by atoms with Crippen LogP contribution in [0.3, 0.4) is 0 Å². The summed E-state index contributed by atoms with van der Waals surface area (Å²) in [7, 11) is 0. The van der Waals surface area contributed by atoms with Gasteiger partial charge in [-0.05, 0) is 20.3 Å². The Kier molecular flexibility index (Phi) is 4.97. The summed E-state index contributed by atoms with van der Waals surface area (Å²) in [5.41, 5.74) is 3.32. The Morgan fingerprint density at radius 1 is 1.52 bits per heavy atom. The molecule has 0 amide bonds. The van der Waals surface area contributed by atoms with E-state index in [0.717, 1.165) is 24.2 Å². The van der Waals surface area contributed by atoms with Crippen molar-refractivity contribution in [2.45, 2.75) is 45.3 Å². The van der Waals surface area contributed by atoms with Crippen LogP contribution in [-0.2, 0) is 11.2 Å². The average Bonchev–Trinajstić information content (AvgIpc) is 2.46. The number of aliphatic hydroxyl groups is 1. The molecule has 1 aromatic heterocycles. The number of hydrazine groups is 1. The summed E-state index contributed by atoms with van der Waals surface area (Å²) in [4.78, 5) is 10.8. The van der Waals surface area contributed by atoms with Gasteiger partial charge in [0.2, 0.25) is 0 Å². The fourth-order valence-electron chi connectivity index (χ4n) is 2.83. The number of rotatable bonds is 5. The van der Waals surface area contributed by atoms with Crippen LogP contribution in [0.2, 0.25) is 0 Å². The van der Waals surface area contributed by atoms with E-state index in [0.29, 0.717) is 18.9 Å². The number of anilines is 2. The molecule has 0 bridgehead atoms. The van der Waals surface area contributed by atoms with Gasteiger partial charge in [0.25, 0.3) is 0 Å². The number of hydrogen-bond acceptors (Lipinski definition) is 7. The third-order valence-corrected chi connectivity index (χ3v) is 3.54. The highest BCUT2D eigenvalue weighted by Crippen LogP contribution is 2.30. The summed E-state index contributed by atoms with van der Waals surface area (Å²) in [5, 5.41) is 9.44. The molecule has 0 aliphatic carbocycles. The van der Waals surface area contributed by atoms with Crippen molar-refractivity contribution in [2.24, 2.45) is 5.84 Å². The third-order valence-electron chi connectivity index (χ3n) is 3.54. The van der Waals surface area contributed by atoms with E-state index < -0.39 is 0 Å². The maximum atomic E-state index is 9.44. The molecule has 7 heteroatoms. The number of morpholine rings is 1. The maximum Gasteiger partial charge on any atom is 0.148 e. The van der Waals surface area contributed by atoms with Crippen LogP contribution < -0.4 is 16.2 Å². The predicted octanol–water partition coefficient (Wildman–Crippen LogP) is 0.691. The Morgan fingerprint density at radius 2 is 2.29 bits per heavy atom. The lowest BCUT2D eigenvalue weighted by molar-refractivity contribution is -0.101. The summed E-state index contributed by atoms with van der Waals surface area (Å²) in [6.45, 7) is 7.46. The van der Waals surface area contributed by atoms with E-state index in [1.807, 2.05) is 13.8 Å². The second-order valence-electron chi connectivity index (χ2n) is 5.98. The summed E-state index contributed by atoms with van der Waals surface area (Å²) in [6, 6.07) is 0. The van der Waals surface area contributed by atoms with Crippen molar-refractivity contribution < 1.29 is 9.84 Å². The standard InChI is InChI=1S/C14H25N5O2/c1-4-5-11-12(18-15)16-9-17-13(11)19-6-10(7-20)21-14(2,3)8-19/h9-10,20H,4-8,15H2,1-3H3,(H,16,17,18). The Morgan fingerprint density at radius 3 is 2.90 bits per heavy atom. The third kappa shape index (κ3) is 3.61. The Bertz CT molecular complexity index is 480. The van der Waals surface area contributed by atoms with Crippen LogP contribution >= 0.6 is 0 Å². The zero-order valence-electron chi connectivity index (χ0n) is 13.0. The predicted molar refractivity (Wildman–Crippen MR) is 82.1 cm³/mol. The monoisotopic (exact) mass is 295 g/mol. The van der Waals surface area contributed by atoms with E-state index in [1.165, 1.54) is 6.33 Å². The maximum absolute atomic E-state index is 9.44. The Hall–Kier alpha value is -1.44. The fourth-order valence-corrected chi connectivity index (χ4v) is 2.83. The molecule has 0 saturated carbocycles. The molecule has 21 heavy (non-hydrogen) atoms. The van der Waals surface area contributed by atoms with Gasteiger partial charge in [0, 0.05) is 18.7 Å². The van der Waals surface area contributed by atoms with Crippen LogP contribution in [0.25, 0.3) is 0 Å². The molecule has 1 fully saturated rings. The number of hydrogen-bond donors (Lipinski definition) is 3. The van der Waals surface area contributed by atoms with Crippen LogP contribution in [0.15, 0.2) is 6.33 Å². The number of aliphatic hydroxyl groups excluding tert-OH is 1. The molecule has 4 N–H and O–H groups in total. The number of nitrogens with zero attached hydrogens (tertiary/aromatic N) is 3. The lowest BCUT2D eigenvalue weighted by Gasteiger charge is -2.43. The molecular formula is C14H25N5O2. The number of nitrogens with one attached hydrogen (secondary N) is 1. The van der Waals surface area contributed by atoms with Crippen LogP contribution in [-0.4, -0.2) is 46.5 Å². The number of ether oxygens (including phenoxy) is 1. The van der Waals surface area contributed by atoms with Crippen molar-refractivity contribution in [3.63, 3.8) is 0 Å². The van der Waals surface area contributed by atoms with Gasteiger partial charge in [-0.25, -0.2) is 15.8 Å². The SMILES string of the molecule is CCCc1c(NN)ncnc1N1CC(CO)OC(C)(C)C1. The van der Waals surface area contributed by atoms with Crippen molar-refractivity contribution >= 4 is 11.6 Å². The van der Waals surface area contributed by atoms with Gasteiger partial charge in [-0.2, -0.15) is 0 Å². The van der Waals surface area contributed by atoms with E-state index in [2.05, 4.69) is 27.2 Å². The first kappa shape index (κ1) is 15.9. The first-order chi connectivity index (χ1) is 10.0. The summed E-state index contributed by atoms with van der Waals surface area (Å²) >= 11 is 0. The minimum absolute atomic E-state index is 0.00385. The molecule has 0 spiro atoms. The second-order valence-corrected chi connectivity index (χ2v) is 5.98. The lowest BCUT2D eigenvalue weighted by Crippen LogP contribution is -2.54. The molecule has 1 aliphatic rings. The topological polar surface area (TPSA) is 96.5 Å². The first-order valence-corrected chi connectivity index (χ1v) is 7.35. The molecule has 1 saturated heterocycles. The van der Waals surface area contributed by atoms with Gasteiger partial charge in [-0.3, -0.25) is 0 Å². The van der Waals surface area contributed by atoms with Crippen molar-refractivity contribution in [3.05, 3.63) is 11.9 Å². The average molecular weight is 295 g/mol. The minimum Gasteiger partial charge on any atom is -0.394 e. The van der Waals surface area contributed by atoms with Crippen LogP contribution in [0.1, 0.15) is 32.8 Å². The van der Waals surface area contributed by atoms with Gasteiger partial charge in [0.15, 0.2) is 0 Å². The first-order valence-electron chi connectivity index (χ1n) is 7.35. The molecule has 2 heterocycles. The summed E-state index contributed by atoms with van der Waals surface area (Å²) in [5.74, 6) is 7.09. The van der Waals surface area contributed by atoms with Crippen LogP contribution in [0, 0.1) is 0 Å².